The van der Waals surface area contributed by atoms with Crippen LogP contribution in [0.25, 0.3) is 0 Å². The van der Waals surface area contributed by atoms with Crippen LogP contribution in [0.4, 0.5) is 0 Å². The molecule has 0 aromatic heterocycles. The van der Waals surface area contributed by atoms with Crippen LogP contribution in [0.15, 0.2) is 11.1 Å². The minimum Gasteiger partial charge on any atom is -0.396 e. The van der Waals surface area contributed by atoms with Gasteiger partial charge >= 0.3 is 0 Å². The molecule has 3 N–H and O–H groups in total. The van der Waals surface area contributed by atoms with E-state index in [4.69, 9.17) is 10.2 Å². The Bertz CT molecular complexity index is 313. The maximum absolute atomic E-state index is 11.2. The van der Waals surface area contributed by atoms with Crippen molar-refractivity contribution in [3.05, 3.63) is 11.1 Å². The lowest BCUT2D eigenvalue weighted by Crippen LogP contribution is -2.33. The maximum atomic E-state index is 11.2. The van der Waals surface area contributed by atoms with Crippen LogP contribution < -0.4 is 5.32 Å². The largest absolute Gasteiger partial charge is 0.396 e. The second kappa shape index (κ2) is 2.90. The van der Waals surface area contributed by atoms with Crippen LogP contribution in [0.5, 0.6) is 0 Å². The Morgan fingerprint density at radius 3 is 1.86 bits per heavy atom. The molecule has 0 saturated carbocycles. The molecule has 2 amide bonds. The summed E-state index contributed by atoms with van der Waals surface area (Å²) in [7, 11) is 0. The molecule has 0 atom stereocenters. The van der Waals surface area contributed by atoms with Crippen molar-refractivity contribution in [3.8, 4) is 0 Å². The lowest BCUT2D eigenvalue weighted by Gasteiger charge is -2.24. The zero-order valence-corrected chi connectivity index (χ0v) is 7.54. The number of rotatable bonds is 2. The summed E-state index contributed by atoms with van der Waals surface area (Å²) in [5, 5.41) is 20.4. The molecule has 1 aliphatic carbocycles. The van der Waals surface area contributed by atoms with Crippen LogP contribution in [0.2, 0.25) is 0 Å². The van der Waals surface area contributed by atoms with Gasteiger partial charge in [0.2, 0.25) is 0 Å². The van der Waals surface area contributed by atoms with E-state index in [1.165, 1.54) is 0 Å². The van der Waals surface area contributed by atoms with Crippen LogP contribution in [-0.4, -0.2) is 35.2 Å². The summed E-state index contributed by atoms with van der Waals surface area (Å²) in [6.45, 7) is -0.423. The number of carbonyl (C=O) groups is 2. The third-order valence-electron chi connectivity index (χ3n) is 2.91. The number of hydrogen-bond acceptors (Lipinski definition) is 4. The van der Waals surface area contributed by atoms with Crippen molar-refractivity contribution in [1.82, 2.24) is 5.32 Å². The summed E-state index contributed by atoms with van der Waals surface area (Å²) < 4.78 is 0. The van der Waals surface area contributed by atoms with Gasteiger partial charge in [0.25, 0.3) is 11.8 Å². The number of aliphatic hydroxyl groups is 2. The molecule has 0 radical (unpaired) electrons. The first-order chi connectivity index (χ1) is 6.62. The summed E-state index contributed by atoms with van der Waals surface area (Å²) in [4.78, 5) is 22.5. The first-order valence-corrected chi connectivity index (χ1v) is 4.41. The predicted octanol–water partition coefficient (Wildman–Crippen LogP) is -1.30. The molecule has 0 aromatic carbocycles. The Morgan fingerprint density at radius 2 is 1.50 bits per heavy atom. The topological polar surface area (TPSA) is 86.6 Å². The van der Waals surface area contributed by atoms with Crippen molar-refractivity contribution in [2.45, 2.75) is 12.8 Å². The monoisotopic (exact) mass is 197 g/mol. The van der Waals surface area contributed by atoms with Gasteiger partial charge in [-0.2, -0.15) is 0 Å². The minimum atomic E-state index is -0.710. The van der Waals surface area contributed by atoms with Gasteiger partial charge in [-0.3, -0.25) is 14.9 Å². The van der Waals surface area contributed by atoms with Crippen LogP contribution in [0.3, 0.4) is 0 Å². The molecule has 2 rings (SSSR count). The third-order valence-corrected chi connectivity index (χ3v) is 2.91. The van der Waals surface area contributed by atoms with Crippen molar-refractivity contribution < 1.29 is 19.8 Å². The van der Waals surface area contributed by atoms with Gasteiger partial charge in [0.05, 0.1) is 13.2 Å². The lowest BCUT2D eigenvalue weighted by atomic mass is 9.85. The number of amides is 2. The number of carbonyl (C=O) groups excluding carboxylic acids is 2. The molecular weight excluding hydrogens is 186 g/mol. The highest BCUT2D eigenvalue weighted by molar-refractivity contribution is 6.20. The van der Waals surface area contributed by atoms with Crippen molar-refractivity contribution in [2.75, 3.05) is 13.2 Å². The van der Waals surface area contributed by atoms with E-state index in [1.54, 1.807) is 0 Å². The third kappa shape index (κ3) is 1.09. The Kier molecular flexibility index (Phi) is 1.94. The Balaban J connectivity index is 2.28. The summed E-state index contributed by atoms with van der Waals surface area (Å²) in [5.41, 5.74) is 0.147. The van der Waals surface area contributed by atoms with E-state index in [2.05, 4.69) is 5.32 Å². The zero-order chi connectivity index (χ0) is 10.3. The quantitative estimate of drug-likeness (QED) is 0.480. The van der Waals surface area contributed by atoms with Gasteiger partial charge in [-0.1, -0.05) is 0 Å². The van der Waals surface area contributed by atoms with Crippen molar-refractivity contribution in [3.63, 3.8) is 0 Å². The Labute approximate surface area is 80.4 Å². The molecule has 0 aromatic rings. The molecule has 76 valence electrons. The van der Waals surface area contributed by atoms with Crippen LogP contribution in [0.1, 0.15) is 12.8 Å². The Morgan fingerprint density at radius 1 is 1.07 bits per heavy atom. The molecule has 1 heterocycles. The minimum absolute atomic E-state index is 0.211. The normalized spacial score (nSPS) is 24.1. The first-order valence-electron chi connectivity index (χ1n) is 4.41. The average molecular weight is 197 g/mol. The second-order valence-corrected chi connectivity index (χ2v) is 3.91. The van der Waals surface area contributed by atoms with Gasteiger partial charge in [-0.05, 0) is 12.8 Å². The molecule has 0 unspecified atom stereocenters. The fourth-order valence-electron chi connectivity index (χ4n) is 1.99. The standard InChI is InChI=1S/C9H11NO4/c11-3-9(4-12)1-5-6(2-9)8(14)10-7(5)13/h11-12H,1-4H2,(H,10,13,14). The summed E-state index contributed by atoms with van der Waals surface area (Å²) in [5.74, 6) is -0.762. The van der Waals surface area contributed by atoms with E-state index >= 15 is 0 Å². The van der Waals surface area contributed by atoms with Crippen molar-refractivity contribution in [1.29, 1.82) is 0 Å². The SMILES string of the molecule is O=C1NC(=O)C2=C1CC(CO)(CO)C2. The molecule has 5 nitrogen and oxygen atoms in total. The van der Waals surface area contributed by atoms with Gasteiger partial charge in [0.15, 0.2) is 0 Å². The summed E-state index contributed by atoms with van der Waals surface area (Å²) in [6.07, 6.45) is 0.569. The fraction of sp³-hybridized carbons (Fsp3) is 0.556. The smallest absolute Gasteiger partial charge is 0.254 e. The first kappa shape index (κ1) is 9.36. The van der Waals surface area contributed by atoms with Gasteiger partial charge in [0, 0.05) is 16.6 Å². The average Bonchev–Trinajstić information content (AvgIpc) is 2.67. The van der Waals surface area contributed by atoms with Crippen molar-refractivity contribution >= 4 is 11.8 Å². The van der Waals surface area contributed by atoms with E-state index in [-0.39, 0.29) is 37.9 Å². The van der Waals surface area contributed by atoms with E-state index in [1.807, 2.05) is 0 Å². The van der Waals surface area contributed by atoms with E-state index in [0.29, 0.717) is 11.1 Å². The highest BCUT2D eigenvalue weighted by atomic mass is 16.3. The molecular formula is C9H11NO4. The van der Waals surface area contributed by atoms with Gasteiger partial charge in [-0.25, -0.2) is 0 Å². The Hall–Kier alpha value is -1.20. The zero-order valence-electron chi connectivity index (χ0n) is 7.54. The molecule has 0 fully saturated rings. The van der Waals surface area contributed by atoms with Crippen molar-refractivity contribution in [2.24, 2.45) is 5.41 Å². The molecule has 2 aliphatic rings. The van der Waals surface area contributed by atoms with E-state index in [9.17, 15) is 9.59 Å². The van der Waals surface area contributed by atoms with Crippen LogP contribution in [0, 0.1) is 5.41 Å². The van der Waals surface area contributed by atoms with Crippen LogP contribution >= 0.6 is 0 Å². The maximum Gasteiger partial charge on any atom is 0.254 e. The number of hydrogen-bond donors (Lipinski definition) is 3. The molecule has 0 bridgehead atoms. The highest BCUT2D eigenvalue weighted by Crippen LogP contribution is 2.43. The summed E-state index contributed by atoms with van der Waals surface area (Å²) >= 11 is 0. The lowest BCUT2D eigenvalue weighted by molar-refractivity contribution is -0.125. The van der Waals surface area contributed by atoms with E-state index in [0.717, 1.165) is 0 Å². The fourth-order valence-corrected chi connectivity index (χ4v) is 1.99. The van der Waals surface area contributed by atoms with Gasteiger partial charge in [-0.15, -0.1) is 0 Å². The van der Waals surface area contributed by atoms with E-state index < -0.39 is 5.41 Å². The number of nitrogens with one attached hydrogen (secondary N) is 1. The van der Waals surface area contributed by atoms with Gasteiger partial charge in [0.1, 0.15) is 0 Å². The van der Waals surface area contributed by atoms with Gasteiger partial charge < -0.3 is 10.2 Å². The second-order valence-electron chi connectivity index (χ2n) is 3.91. The molecule has 1 aliphatic heterocycles. The molecule has 0 spiro atoms. The molecule has 0 saturated heterocycles. The molecule has 14 heavy (non-hydrogen) atoms. The van der Waals surface area contributed by atoms with Crippen LogP contribution in [-0.2, 0) is 9.59 Å². The predicted molar refractivity (Wildman–Crippen MR) is 46.0 cm³/mol. The molecule has 5 heteroatoms. The highest BCUT2D eigenvalue weighted by Gasteiger charge is 2.46. The number of imide groups is 1. The summed E-state index contributed by atoms with van der Waals surface area (Å²) in [6, 6.07) is 0. The number of aliphatic hydroxyl groups excluding tert-OH is 2.